The second-order valence-electron chi connectivity index (χ2n) is 11.2. The first kappa shape index (κ1) is 26.6. The topological polar surface area (TPSA) is 119 Å². The highest BCUT2D eigenvalue weighted by molar-refractivity contribution is 5.89. The minimum absolute atomic E-state index is 0.121. The van der Waals surface area contributed by atoms with E-state index in [-0.39, 0.29) is 17.8 Å². The maximum atomic E-state index is 13.5. The fraction of sp³-hybridized carbons (Fsp3) is 0.448. The van der Waals surface area contributed by atoms with Gasteiger partial charge in [0, 0.05) is 31.3 Å². The summed E-state index contributed by atoms with van der Waals surface area (Å²) in [5, 5.41) is 11.6. The Hall–Kier alpha value is -3.95. The van der Waals surface area contributed by atoms with Gasteiger partial charge in [-0.25, -0.2) is 19.3 Å². The largest absolute Gasteiger partial charge is 0.460 e. The monoisotopic (exact) mass is 531 g/mol. The van der Waals surface area contributed by atoms with Gasteiger partial charge in [-0.1, -0.05) is 12.1 Å². The highest BCUT2D eigenvalue weighted by atomic mass is 19.1. The Labute approximate surface area is 227 Å². The number of ether oxygens (including phenoxy) is 1. The van der Waals surface area contributed by atoms with Gasteiger partial charge in [-0.3, -0.25) is 9.89 Å². The number of hydrogen-bond donors (Lipinski definition) is 2. The molecule has 5 rings (SSSR count). The third-order valence-corrected chi connectivity index (χ3v) is 6.85. The summed E-state index contributed by atoms with van der Waals surface area (Å²) in [7, 11) is 0. The molecule has 10 heteroatoms. The summed E-state index contributed by atoms with van der Waals surface area (Å²) in [4.78, 5) is 30.4. The summed E-state index contributed by atoms with van der Waals surface area (Å²) in [5.41, 5.74) is 2.45. The molecule has 0 aliphatic heterocycles. The molecule has 0 radical (unpaired) electrons. The number of aromatic nitrogens is 6. The van der Waals surface area contributed by atoms with E-state index in [1.54, 1.807) is 18.5 Å². The molecule has 0 atom stereocenters. The van der Waals surface area contributed by atoms with E-state index >= 15 is 0 Å². The Balaban J connectivity index is 1.19. The zero-order chi connectivity index (χ0) is 27.4. The maximum absolute atomic E-state index is 13.5. The van der Waals surface area contributed by atoms with E-state index in [0.717, 1.165) is 42.3 Å². The minimum Gasteiger partial charge on any atom is -0.460 e. The van der Waals surface area contributed by atoms with Crippen molar-refractivity contribution in [3.8, 4) is 11.4 Å². The molecule has 2 N–H and O–H groups in total. The van der Waals surface area contributed by atoms with Crippen LogP contribution in [0, 0.1) is 11.7 Å². The highest BCUT2D eigenvalue weighted by Gasteiger charge is 2.26. The zero-order valence-electron chi connectivity index (χ0n) is 22.6. The number of hydrogen-bond acceptors (Lipinski definition) is 8. The molecule has 39 heavy (non-hydrogen) atoms. The number of anilines is 1. The van der Waals surface area contributed by atoms with Crippen molar-refractivity contribution in [3.05, 3.63) is 59.9 Å². The molecule has 1 aliphatic rings. The highest BCUT2D eigenvalue weighted by Crippen LogP contribution is 2.30. The smallest absolute Gasteiger partial charge is 0.306 e. The van der Waals surface area contributed by atoms with Crippen LogP contribution in [0.4, 0.5) is 10.3 Å². The molecule has 1 fully saturated rings. The van der Waals surface area contributed by atoms with Gasteiger partial charge in [-0.15, -0.1) is 0 Å². The second kappa shape index (κ2) is 11.4. The summed E-state index contributed by atoms with van der Waals surface area (Å²) in [6.07, 6.45) is 8.98. The average Bonchev–Trinajstić information content (AvgIpc) is 3.31. The van der Waals surface area contributed by atoms with Crippen molar-refractivity contribution in [2.75, 3.05) is 5.32 Å². The van der Waals surface area contributed by atoms with Gasteiger partial charge in [0.25, 0.3) is 0 Å². The third kappa shape index (κ3) is 7.13. The van der Waals surface area contributed by atoms with E-state index in [1.807, 2.05) is 32.9 Å². The summed E-state index contributed by atoms with van der Waals surface area (Å²) in [6.45, 7) is 5.69. The van der Waals surface area contributed by atoms with Gasteiger partial charge < -0.3 is 10.1 Å². The minimum atomic E-state index is -0.447. The van der Waals surface area contributed by atoms with E-state index in [1.165, 1.54) is 12.1 Å². The number of aromatic amines is 1. The van der Waals surface area contributed by atoms with Crippen LogP contribution in [0.5, 0.6) is 0 Å². The third-order valence-electron chi connectivity index (χ3n) is 6.85. The molecule has 1 saturated carbocycles. The molecule has 0 amide bonds. The first-order chi connectivity index (χ1) is 18.7. The molecule has 204 valence electrons. The molecule has 0 spiro atoms. The number of nitrogens with one attached hydrogen (secondary N) is 2. The SMILES string of the molecule is CC(C)(C)OC(=O)CC1CCC(Nc2ncc3c(-c4ccnc(CCc5cccc(F)c5)n4)[nH]nc3n2)CC1. The summed E-state index contributed by atoms with van der Waals surface area (Å²) in [6, 6.07) is 8.64. The number of carbonyl (C=O) groups is 1. The van der Waals surface area contributed by atoms with Crippen LogP contribution in [-0.2, 0) is 22.4 Å². The Bertz CT molecular complexity index is 1440. The van der Waals surface area contributed by atoms with E-state index in [0.29, 0.717) is 48.3 Å². The molecule has 0 bridgehead atoms. The Kier molecular flexibility index (Phi) is 7.81. The molecule has 9 nitrogen and oxygen atoms in total. The molecule has 4 aromatic rings. The van der Waals surface area contributed by atoms with E-state index in [9.17, 15) is 9.18 Å². The predicted molar refractivity (Wildman–Crippen MR) is 146 cm³/mol. The Morgan fingerprint density at radius 2 is 1.92 bits per heavy atom. The fourth-order valence-corrected chi connectivity index (χ4v) is 4.99. The number of H-pyrrole nitrogens is 1. The van der Waals surface area contributed by atoms with Crippen molar-refractivity contribution >= 4 is 23.0 Å². The maximum Gasteiger partial charge on any atom is 0.306 e. The summed E-state index contributed by atoms with van der Waals surface area (Å²) in [5.74, 6) is 1.19. The van der Waals surface area contributed by atoms with Crippen molar-refractivity contribution in [2.45, 2.75) is 77.4 Å². The van der Waals surface area contributed by atoms with Crippen molar-refractivity contribution in [2.24, 2.45) is 5.92 Å². The van der Waals surface area contributed by atoms with Crippen molar-refractivity contribution in [1.82, 2.24) is 30.1 Å². The lowest BCUT2D eigenvalue weighted by molar-refractivity contribution is -0.156. The molecule has 3 heterocycles. The summed E-state index contributed by atoms with van der Waals surface area (Å²) >= 11 is 0. The molecule has 1 aliphatic carbocycles. The van der Waals surface area contributed by atoms with Gasteiger partial charge >= 0.3 is 5.97 Å². The van der Waals surface area contributed by atoms with Crippen LogP contribution in [0.25, 0.3) is 22.4 Å². The lowest BCUT2D eigenvalue weighted by atomic mass is 9.84. The van der Waals surface area contributed by atoms with Crippen LogP contribution in [0.15, 0.2) is 42.7 Å². The quantitative estimate of drug-likeness (QED) is 0.289. The van der Waals surface area contributed by atoms with Gasteiger partial charge in [0.05, 0.1) is 16.8 Å². The van der Waals surface area contributed by atoms with Gasteiger partial charge in [0.1, 0.15) is 17.2 Å². The van der Waals surface area contributed by atoms with Crippen LogP contribution in [0.2, 0.25) is 0 Å². The molecular formula is C29H34FN7O2. The van der Waals surface area contributed by atoms with Crippen molar-refractivity contribution < 1.29 is 13.9 Å². The fourth-order valence-electron chi connectivity index (χ4n) is 4.99. The molecule has 3 aromatic heterocycles. The van der Waals surface area contributed by atoms with Crippen molar-refractivity contribution in [3.63, 3.8) is 0 Å². The van der Waals surface area contributed by atoms with Crippen molar-refractivity contribution in [1.29, 1.82) is 0 Å². The summed E-state index contributed by atoms with van der Waals surface area (Å²) < 4.78 is 19.0. The standard InChI is InChI=1S/C29H34FN7O2/c1-29(2,3)39-25(38)16-19-7-10-21(11-8-19)33-28-32-17-22-26(36-37-27(22)35-28)23-13-14-31-24(34-23)12-9-18-5-4-6-20(30)15-18/h4-6,13-15,17,19,21H,7-12,16H2,1-3H3,(H2,32,33,35,36,37). The normalized spacial score (nSPS) is 17.7. The number of carbonyl (C=O) groups excluding carboxylic acids is 1. The molecule has 0 saturated heterocycles. The van der Waals surface area contributed by atoms with Crippen LogP contribution < -0.4 is 5.32 Å². The first-order valence-electron chi connectivity index (χ1n) is 13.5. The lowest BCUT2D eigenvalue weighted by Crippen LogP contribution is -2.30. The van der Waals surface area contributed by atoms with Gasteiger partial charge in [-0.2, -0.15) is 10.1 Å². The van der Waals surface area contributed by atoms with Crippen LogP contribution >= 0.6 is 0 Å². The van der Waals surface area contributed by atoms with Gasteiger partial charge in [0.2, 0.25) is 5.95 Å². The number of halogens is 1. The van der Waals surface area contributed by atoms with Crippen LogP contribution in [-0.4, -0.2) is 47.7 Å². The lowest BCUT2D eigenvalue weighted by Gasteiger charge is -2.29. The van der Waals surface area contributed by atoms with Crippen LogP contribution in [0.1, 0.15) is 64.3 Å². The molecule has 0 unspecified atom stereocenters. The number of fused-ring (bicyclic) bond motifs is 1. The molecular weight excluding hydrogens is 497 g/mol. The number of aryl methyl sites for hydroxylation is 2. The second-order valence-corrected chi connectivity index (χ2v) is 11.2. The number of rotatable bonds is 8. The zero-order valence-corrected chi connectivity index (χ0v) is 22.6. The van der Waals surface area contributed by atoms with E-state index in [4.69, 9.17) is 4.74 Å². The number of esters is 1. The first-order valence-corrected chi connectivity index (χ1v) is 13.5. The van der Waals surface area contributed by atoms with Crippen LogP contribution in [0.3, 0.4) is 0 Å². The predicted octanol–water partition coefficient (Wildman–Crippen LogP) is 5.44. The average molecular weight is 532 g/mol. The van der Waals surface area contributed by atoms with Gasteiger partial charge in [0.15, 0.2) is 5.65 Å². The van der Waals surface area contributed by atoms with E-state index < -0.39 is 5.60 Å². The van der Waals surface area contributed by atoms with E-state index in [2.05, 4.69) is 35.5 Å². The molecule has 1 aromatic carbocycles. The van der Waals surface area contributed by atoms with Gasteiger partial charge in [-0.05, 0) is 82.6 Å². The Morgan fingerprint density at radius 1 is 1.10 bits per heavy atom. The Morgan fingerprint density at radius 3 is 2.69 bits per heavy atom. The number of benzene rings is 1. The number of nitrogens with zero attached hydrogens (tertiary/aromatic N) is 5.